The molecular weight excluding hydrogens is 244 g/mol. The van der Waals surface area contributed by atoms with Gasteiger partial charge in [0.05, 0.1) is 5.75 Å². The minimum atomic E-state index is -0.111. The van der Waals surface area contributed by atoms with Gasteiger partial charge in [-0.25, -0.2) is 4.98 Å². The van der Waals surface area contributed by atoms with Crippen LogP contribution < -0.4 is 16.2 Å². The first kappa shape index (κ1) is 13.0. The van der Waals surface area contributed by atoms with E-state index in [0.717, 1.165) is 12.3 Å². The highest BCUT2D eigenvalue weighted by atomic mass is 32.2. The van der Waals surface area contributed by atoms with Crippen molar-refractivity contribution in [2.24, 2.45) is 0 Å². The average Bonchev–Trinajstić information content (AvgIpc) is 2.28. The number of aromatic amines is 1. The number of nitrogens with zero attached hydrogens (tertiary/aromatic N) is 1. The van der Waals surface area contributed by atoms with Crippen LogP contribution in [0.1, 0.15) is 5.82 Å². The first-order valence-corrected chi connectivity index (χ1v) is 6.36. The lowest BCUT2D eigenvalue weighted by atomic mass is 10.6. The molecule has 0 aromatic carbocycles. The molecule has 0 bridgehead atoms. The fraction of sp³-hybridized carbons (Fsp3) is 0.444. The third kappa shape index (κ3) is 5.13. The summed E-state index contributed by atoms with van der Waals surface area (Å²) in [6, 6.07) is 1.40. The van der Waals surface area contributed by atoms with Crippen molar-refractivity contribution >= 4 is 29.1 Å². The van der Waals surface area contributed by atoms with E-state index in [0.29, 0.717) is 16.7 Å². The lowest BCUT2D eigenvalue weighted by molar-refractivity contribution is 0.940. The Labute approximate surface area is 103 Å². The van der Waals surface area contributed by atoms with Gasteiger partial charge in [0.1, 0.15) is 5.82 Å². The number of nitrogens with one attached hydrogen (secondary N) is 3. The number of H-pyrrole nitrogens is 1. The molecule has 0 spiro atoms. The Morgan fingerprint density at radius 1 is 1.69 bits per heavy atom. The molecule has 3 N–H and O–H groups in total. The van der Waals surface area contributed by atoms with Gasteiger partial charge in [0.25, 0.3) is 5.56 Å². The zero-order chi connectivity index (χ0) is 11.8. The molecule has 0 saturated carbocycles. The predicted octanol–water partition coefficient (Wildman–Crippen LogP) is 0.0970. The topological polar surface area (TPSA) is 69.8 Å². The minimum Gasteiger partial charge on any atom is -0.366 e. The fourth-order valence-electron chi connectivity index (χ4n) is 0.978. The molecule has 0 saturated heterocycles. The first-order chi connectivity index (χ1) is 7.72. The normalized spacial score (nSPS) is 9.81. The molecule has 88 valence electrons. The second-order valence-corrected chi connectivity index (χ2v) is 4.45. The molecule has 0 unspecified atom stereocenters. The van der Waals surface area contributed by atoms with E-state index >= 15 is 0 Å². The summed E-state index contributed by atoms with van der Waals surface area (Å²) < 4.78 is 0. The summed E-state index contributed by atoms with van der Waals surface area (Å²) in [7, 11) is 1.78. The van der Waals surface area contributed by atoms with Gasteiger partial charge >= 0.3 is 0 Å². The van der Waals surface area contributed by atoms with Crippen LogP contribution in [0.25, 0.3) is 0 Å². The highest BCUT2D eigenvalue weighted by Gasteiger charge is 1.96. The largest absolute Gasteiger partial charge is 0.366 e. The number of hydrogen-bond acceptors (Lipinski definition) is 4. The SMILES string of the molecule is CNC(=S)NCCSCc1nccc(=O)[nH]1. The van der Waals surface area contributed by atoms with Crippen molar-refractivity contribution in [3.8, 4) is 0 Å². The van der Waals surface area contributed by atoms with Crippen molar-refractivity contribution in [2.45, 2.75) is 5.75 Å². The molecule has 16 heavy (non-hydrogen) atoms. The molecule has 5 nitrogen and oxygen atoms in total. The van der Waals surface area contributed by atoms with Crippen LogP contribution in [0.5, 0.6) is 0 Å². The van der Waals surface area contributed by atoms with Crippen molar-refractivity contribution in [3.63, 3.8) is 0 Å². The smallest absolute Gasteiger partial charge is 0.250 e. The third-order valence-electron chi connectivity index (χ3n) is 1.72. The monoisotopic (exact) mass is 258 g/mol. The van der Waals surface area contributed by atoms with Gasteiger partial charge in [0.2, 0.25) is 0 Å². The predicted molar refractivity (Wildman–Crippen MR) is 70.7 cm³/mol. The lowest BCUT2D eigenvalue weighted by Crippen LogP contribution is -2.33. The number of thiocarbonyl (C=S) groups is 1. The van der Waals surface area contributed by atoms with E-state index in [1.165, 1.54) is 12.3 Å². The van der Waals surface area contributed by atoms with E-state index in [-0.39, 0.29) is 5.56 Å². The summed E-state index contributed by atoms with van der Waals surface area (Å²) in [5.74, 6) is 2.30. The van der Waals surface area contributed by atoms with Gasteiger partial charge in [-0.3, -0.25) is 4.79 Å². The van der Waals surface area contributed by atoms with E-state index in [1.807, 2.05) is 0 Å². The van der Waals surface area contributed by atoms with Crippen LogP contribution in [0.15, 0.2) is 17.1 Å². The summed E-state index contributed by atoms with van der Waals surface area (Å²) in [6.07, 6.45) is 1.52. The maximum Gasteiger partial charge on any atom is 0.250 e. The Bertz CT molecular complexity index is 393. The van der Waals surface area contributed by atoms with E-state index in [1.54, 1.807) is 18.8 Å². The van der Waals surface area contributed by atoms with Gasteiger partial charge in [-0.05, 0) is 12.2 Å². The molecule has 0 aliphatic heterocycles. The first-order valence-electron chi connectivity index (χ1n) is 4.80. The number of thioether (sulfide) groups is 1. The summed E-state index contributed by atoms with van der Waals surface area (Å²) in [5, 5.41) is 6.51. The second kappa shape index (κ2) is 7.24. The fourth-order valence-corrected chi connectivity index (χ4v) is 1.81. The molecule has 0 fully saturated rings. The zero-order valence-electron chi connectivity index (χ0n) is 8.95. The van der Waals surface area contributed by atoms with Crippen LogP contribution in [-0.2, 0) is 5.75 Å². The van der Waals surface area contributed by atoms with Gasteiger partial charge in [-0.15, -0.1) is 0 Å². The maximum atomic E-state index is 11.0. The standard InChI is InChI=1S/C9H14N4OS2/c1-10-9(15)12-4-5-16-6-7-11-3-2-8(14)13-7/h2-3H,4-6H2,1H3,(H2,10,12,15)(H,11,13,14). The molecular formula is C9H14N4OS2. The average molecular weight is 258 g/mol. The molecule has 1 aromatic heterocycles. The van der Waals surface area contributed by atoms with Crippen LogP contribution in [0.3, 0.4) is 0 Å². The summed E-state index contributed by atoms with van der Waals surface area (Å²) in [6.45, 7) is 0.793. The number of aromatic nitrogens is 2. The molecule has 0 aliphatic rings. The Kier molecular flexibility index (Phi) is 5.87. The highest BCUT2D eigenvalue weighted by Crippen LogP contribution is 2.04. The molecule has 1 rings (SSSR count). The summed E-state index contributed by atoms with van der Waals surface area (Å²) >= 11 is 6.61. The Balaban J connectivity index is 2.16. The molecule has 1 heterocycles. The Morgan fingerprint density at radius 2 is 2.50 bits per heavy atom. The molecule has 0 amide bonds. The number of hydrogen-bond donors (Lipinski definition) is 3. The molecule has 0 atom stereocenters. The minimum absolute atomic E-state index is 0.111. The summed E-state index contributed by atoms with van der Waals surface area (Å²) in [4.78, 5) is 17.7. The van der Waals surface area contributed by atoms with Crippen molar-refractivity contribution in [1.82, 2.24) is 20.6 Å². The van der Waals surface area contributed by atoms with E-state index in [9.17, 15) is 4.79 Å². The summed E-state index contributed by atoms with van der Waals surface area (Å²) in [5.41, 5.74) is -0.111. The van der Waals surface area contributed by atoms with Gasteiger partial charge in [0, 0.05) is 31.6 Å². The second-order valence-electron chi connectivity index (χ2n) is 2.94. The van der Waals surface area contributed by atoms with Crippen LogP contribution in [0.2, 0.25) is 0 Å². The van der Waals surface area contributed by atoms with Gasteiger partial charge in [-0.2, -0.15) is 11.8 Å². The van der Waals surface area contributed by atoms with Crippen molar-refractivity contribution < 1.29 is 0 Å². The van der Waals surface area contributed by atoms with E-state index in [2.05, 4.69) is 20.6 Å². The maximum absolute atomic E-state index is 11.0. The van der Waals surface area contributed by atoms with Crippen molar-refractivity contribution in [3.05, 3.63) is 28.4 Å². The van der Waals surface area contributed by atoms with Gasteiger partial charge in [-0.1, -0.05) is 0 Å². The lowest BCUT2D eigenvalue weighted by Gasteiger charge is -2.06. The van der Waals surface area contributed by atoms with Crippen molar-refractivity contribution in [2.75, 3.05) is 19.3 Å². The van der Waals surface area contributed by atoms with Crippen molar-refractivity contribution in [1.29, 1.82) is 0 Å². The van der Waals surface area contributed by atoms with Crippen LogP contribution in [0, 0.1) is 0 Å². The Morgan fingerprint density at radius 3 is 3.19 bits per heavy atom. The van der Waals surface area contributed by atoms with E-state index < -0.39 is 0 Å². The third-order valence-corrected chi connectivity index (χ3v) is 3.04. The molecule has 0 aliphatic carbocycles. The van der Waals surface area contributed by atoms with Crippen LogP contribution >= 0.6 is 24.0 Å². The molecule has 7 heteroatoms. The quantitative estimate of drug-likeness (QED) is 0.514. The van der Waals surface area contributed by atoms with Crippen LogP contribution in [0.4, 0.5) is 0 Å². The molecule has 0 radical (unpaired) electrons. The highest BCUT2D eigenvalue weighted by molar-refractivity contribution is 7.98. The zero-order valence-corrected chi connectivity index (χ0v) is 10.6. The Hall–Kier alpha value is -1.08. The van der Waals surface area contributed by atoms with E-state index in [4.69, 9.17) is 12.2 Å². The van der Waals surface area contributed by atoms with Crippen LogP contribution in [-0.4, -0.2) is 34.4 Å². The molecule has 1 aromatic rings. The number of rotatable bonds is 5. The van der Waals surface area contributed by atoms with Gasteiger partial charge < -0.3 is 15.6 Å². The van der Waals surface area contributed by atoms with Gasteiger partial charge in [0.15, 0.2) is 5.11 Å².